The second-order valence-corrected chi connectivity index (χ2v) is 4.33. The lowest BCUT2D eigenvalue weighted by atomic mass is 10.1. The van der Waals surface area contributed by atoms with Crippen LogP contribution in [0, 0.1) is 0 Å². The third kappa shape index (κ3) is 2.45. The third-order valence-electron chi connectivity index (χ3n) is 1.67. The topological polar surface area (TPSA) is 46.5 Å². The Kier molecular flexibility index (Phi) is 3.64. The van der Waals surface area contributed by atoms with Crippen molar-refractivity contribution in [2.75, 3.05) is 13.7 Å². The molecule has 0 bridgehead atoms. The van der Waals surface area contributed by atoms with E-state index in [0.29, 0.717) is 11.3 Å². The summed E-state index contributed by atoms with van der Waals surface area (Å²) in [5, 5.41) is 8.50. The van der Waals surface area contributed by atoms with E-state index in [0.717, 1.165) is 13.2 Å². The van der Waals surface area contributed by atoms with Crippen LogP contribution in [0.5, 0.6) is 0 Å². The number of hydrogen-bond donors (Lipinski definition) is 1. The minimum absolute atomic E-state index is 0.0403. The SMILES string of the molecule is COC(=O)c1sc(Cl)cc1C(F)(F)CO. The molecule has 0 aliphatic heterocycles. The van der Waals surface area contributed by atoms with Crippen molar-refractivity contribution in [3.63, 3.8) is 0 Å². The normalized spacial score (nSPS) is 11.5. The van der Waals surface area contributed by atoms with Crippen molar-refractivity contribution in [2.45, 2.75) is 5.92 Å². The molecule has 1 heterocycles. The van der Waals surface area contributed by atoms with Crippen molar-refractivity contribution >= 4 is 28.9 Å². The molecule has 1 rings (SSSR count). The molecule has 0 aliphatic carbocycles. The highest BCUT2D eigenvalue weighted by Gasteiger charge is 2.37. The number of hydrogen-bond acceptors (Lipinski definition) is 4. The Bertz CT molecular complexity index is 378. The predicted octanol–water partition coefficient (Wildman–Crippen LogP) is 2.27. The van der Waals surface area contributed by atoms with E-state index in [1.54, 1.807) is 0 Å². The fourth-order valence-corrected chi connectivity index (χ4v) is 2.16. The number of ether oxygens (including phenoxy) is 1. The summed E-state index contributed by atoms with van der Waals surface area (Å²) in [6.07, 6.45) is 0. The summed E-state index contributed by atoms with van der Waals surface area (Å²) in [6, 6.07) is 0.953. The quantitative estimate of drug-likeness (QED) is 0.844. The number of methoxy groups -OCH3 is 1. The molecular formula is C8H7ClF2O3S. The zero-order chi connectivity index (χ0) is 11.6. The molecule has 1 aromatic heterocycles. The number of thiophene rings is 1. The Morgan fingerprint density at radius 1 is 1.73 bits per heavy atom. The Morgan fingerprint density at radius 3 is 2.80 bits per heavy atom. The monoisotopic (exact) mass is 256 g/mol. The highest BCUT2D eigenvalue weighted by molar-refractivity contribution is 7.18. The molecule has 0 aromatic carbocycles. The number of aliphatic hydroxyl groups is 1. The van der Waals surface area contributed by atoms with Crippen molar-refractivity contribution in [1.82, 2.24) is 0 Å². The zero-order valence-corrected chi connectivity index (χ0v) is 9.16. The molecule has 7 heteroatoms. The molecule has 84 valence electrons. The number of carbonyl (C=O) groups is 1. The summed E-state index contributed by atoms with van der Waals surface area (Å²) in [6.45, 7) is -1.38. The Hall–Kier alpha value is -0.720. The smallest absolute Gasteiger partial charge is 0.348 e. The van der Waals surface area contributed by atoms with Crippen LogP contribution in [-0.2, 0) is 10.7 Å². The van der Waals surface area contributed by atoms with Gasteiger partial charge in [-0.3, -0.25) is 0 Å². The van der Waals surface area contributed by atoms with Crippen LogP contribution < -0.4 is 0 Å². The van der Waals surface area contributed by atoms with E-state index < -0.39 is 24.1 Å². The fourth-order valence-electron chi connectivity index (χ4n) is 0.962. The van der Waals surface area contributed by atoms with Crippen molar-refractivity contribution < 1.29 is 23.4 Å². The molecule has 0 saturated carbocycles. The number of esters is 1. The molecule has 0 atom stereocenters. The van der Waals surface area contributed by atoms with Crippen LogP contribution in [0.25, 0.3) is 0 Å². The van der Waals surface area contributed by atoms with Gasteiger partial charge in [0.1, 0.15) is 11.5 Å². The maximum atomic E-state index is 13.1. The lowest BCUT2D eigenvalue weighted by molar-refractivity contribution is -0.0560. The van der Waals surface area contributed by atoms with E-state index in [9.17, 15) is 13.6 Å². The molecule has 0 unspecified atom stereocenters. The van der Waals surface area contributed by atoms with Crippen molar-refractivity contribution in [3.05, 3.63) is 20.8 Å². The number of alkyl halides is 2. The minimum Gasteiger partial charge on any atom is -0.465 e. The van der Waals surface area contributed by atoms with Crippen LogP contribution >= 0.6 is 22.9 Å². The van der Waals surface area contributed by atoms with Crippen molar-refractivity contribution in [3.8, 4) is 0 Å². The Labute approximate surface area is 93.2 Å². The van der Waals surface area contributed by atoms with E-state index in [4.69, 9.17) is 16.7 Å². The first-order valence-corrected chi connectivity index (χ1v) is 4.98. The second kappa shape index (κ2) is 4.42. The summed E-state index contributed by atoms with van der Waals surface area (Å²) in [7, 11) is 1.08. The van der Waals surface area contributed by atoms with Crippen LogP contribution in [0.1, 0.15) is 15.2 Å². The zero-order valence-electron chi connectivity index (χ0n) is 7.59. The molecule has 1 N–H and O–H groups in total. The molecule has 0 aliphatic rings. The summed E-state index contributed by atoms with van der Waals surface area (Å²) in [5.41, 5.74) is -0.605. The summed E-state index contributed by atoms with van der Waals surface area (Å²) in [5.74, 6) is -4.39. The van der Waals surface area contributed by atoms with Gasteiger partial charge >= 0.3 is 5.97 Å². The van der Waals surface area contributed by atoms with Gasteiger partial charge in [-0.05, 0) is 6.07 Å². The first-order chi connectivity index (χ1) is 6.92. The molecule has 0 spiro atoms. The first-order valence-electron chi connectivity index (χ1n) is 3.79. The highest BCUT2D eigenvalue weighted by Crippen LogP contribution is 2.37. The van der Waals surface area contributed by atoms with Gasteiger partial charge in [0, 0.05) is 0 Å². The second-order valence-electron chi connectivity index (χ2n) is 2.65. The molecule has 0 amide bonds. The fraction of sp³-hybridized carbons (Fsp3) is 0.375. The largest absolute Gasteiger partial charge is 0.465 e. The first kappa shape index (κ1) is 12.4. The average molecular weight is 257 g/mol. The lowest BCUT2D eigenvalue weighted by Gasteiger charge is -2.12. The molecule has 0 saturated heterocycles. The van der Waals surface area contributed by atoms with Gasteiger partial charge in [0.25, 0.3) is 5.92 Å². The maximum absolute atomic E-state index is 13.1. The van der Waals surface area contributed by atoms with Crippen LogP contribution in [-0.4, -0.2) is 24.8 Å². The van der Waals surface area contributed by atoms with Crippen LogP contribution in [0.3, 0.4) is 0 Å². The van der Waals surface area contributed by atoms with Gasteiger partial charge in [0.05, 0.1) is 17.0 Å². The van der Waals surface area contributed by atoms with Gasteiger partial charge < -0.3 is 9.84 Å². The van der Waals surface area contributed by atoms with Gasteiger partial charge in [0.2, 0.25) is 0 Å². The molecular weight excluding hydrogens is 250 g/mol. The lowest BCUT2D eigenvalue weighted by Crippen LogP contribution is -2.20. The molecule has 0 radical (unpaired) electrons. The van der Waals surface area contributed by atoms with Gasteiger partial charge in [-0.15, -0.1) is 11.3 Å². The van der Waals surface area contributed by atoms with Crippen molar-refractivity contribution in [1.29, 1.82) is 0 Å². The Morgan fingerprint density at radius 2 is 2.33 bits per heavy atom. The molecule has 1 aromatic rings. The molecule has 3 nitrogen and oxygen atoms in total. The van der Waals surface area contributed by atoms with Crippen molar-refractivity contribution in [2.24, 2.45) is 0 Å². The number of halogens is 3. The maximum Gasteiger partial charge on any atom is 0.348 e. The molecule has 0 fully saturated rings. The van der Waals surface area contributed by atoms with E-state index in [2.05, 4.69) is 4.74 Å². The van der Waals surface area contributed by atoms with Crippen LogP contribution in [0.2, 0.25) is 4.34 Å². The number of rotatable bonds is 3. The summed E-state index contributed by atoms with van der Waals surface area (Å²) >= 11 is 6.21. The van der Waals surface area contributed by atoms with Gasteiger partial charge in [0.15, 0.2) is 0 Å². The average Bonchev–Trinajstić information content (AvgIpc) is 2.60. The standard InChI is InChI=1S/C8H7ClF2O3S/c1-14-7(13)6-4(2-5(9)15-6)8(10,11)3-12/h2,12H,3H2,1H3. The van der Waals surface area contributed by atoms with Gasteiger partial charge in [-0.1, -0.05) is 11.6 Å². The number of aliphatic hydroxyl groups excluding tert-OH is 1. The van der Waals surface area contributed by atoms with E-state index >= 15 is 0 Å². The Balaban J connectivity index is 3.23. The third-order valence-corrected chi connectivity index (χ3v) is 2.91. The minimum atomic E-state index is -3.49. The van der Waals surface area contributed by atoms with E-state index in [-0.39, 0.29) is 9.21 Å². The summed E-state index contributed by atoms with van der Waals surface area (Å²) < 4.78 is 30.7. The van der Waals surface area contributed by atoms with Crippen LogP contribution in [0.15, 0.2) is 6.07 Å². The van der Waals surface area contributed by atoms with Crippen LogP contribution in [0.4, 0.5) is 8.78 Å². The summed E-state index contributed by atoms with van der Waals surface area (Å²) in [4.78, 5) is 10.8. The highest BCUT2D eigenvalue weighted by atomic mass is 35.5. The molecule has 15 heavy (non-hydrogen) atoms. The predicted molar refractivity (Wildman–Crippen MR) is 51.6 cm³/mol. The number of carbonyl (C=O) groups excluding carboxylic acids is 1. The van der Waals surface area contributed by atoms with Gasteiger partial charge in [-0.25, -0.2) is 4.79 Å². The van der Waals surface area contributed by atoms with E-state index in [1.165, 1.54) is 0 Å². The van der Waals surface area contributed by atoms with E-state index in [1.807, 2.05) is 0 Å². The van der Waals surface area contributed by atoms with Gasteiger partial charge in [-0.2, -0.15) is 8.78 Å².